The number of rotatable bonds is 5. The lowest BCUT2D eigenvalue weighted by Gasteiger charge is -2.21. The van der Waals surface area contributed by atoms with E-state index in [9.17, 15) is 4.79 Å². The molecule has 1 heterocycles. The summed E-state index contributed by atoms with van der Waals surface area (Å²) < 4.78 is 0.652. The fourth-order valence-electron chi connectivity index (χ4n) is 3.37. The lowest BCUT2D eigenvalue weighted by Crippen LogP contribution is -2.22. The number of aryl methyl sites for hydroxylation is 1. The van der Waals surface area contributed by atoms with Gasteiger partial charge in [-0.25, -0.2) is 0 Å². The highest BCUT2D eigenvalue weighted by atomic mass is 32.1. The zero-order chi connectivity index (χ0) is 17.1. The number of nitrogens with one attached hydrogen (secondary N) is 1. The first-order valence-corrected chi connectivity index (χ1v) is 9.52. The molecule has 0 spiro atoms. The molecular formula is C19H23BN2OS. The highest BCUT2D eigenvalue weighted by molar-refractivity contribution is 7.20. The third-order valence-electron chi connectivity index (χ3n) is 4.68. The van der Waals surface area contributed by atoms with Gasteiger partial charge in [-0.2, -0.15) is 11.3 Å². The van der Waals surface area contributed by atoms with E-state index in [-0.39, 0.29) is 5.91 Å². The monoisotopic (exact) mass is 338 g/mol. The van der Waals surface area contributed by atoms with Crippen LogP contribution in [0.2, 0.25) is 0 Å². The Morgan fingerprint density at radius 3 is 2.50 bits per heavy atom. The zero-order valence-corrected chi connectivity index (χ0v) is 15.2. The van der Waals surface area contributed by atoms with Gasteiger partial charge in [0.05, 0.1) is 0 Å². The van der Waals surface area contributed by atoms with Crippen LogP contribution in [0, 0.1) is 0 Å². The molecule has 1 aliphatic rings. The van der Waals surface area contributed by atoms with E-state index in [1.165, 1.54) is 22.5 Å². The van der Waals surface area contributed by atoms with Crippen LogP contribution in [0.1, 0.15) is 47.5 Å². The zero-order valence-electron chi connectivity index (χ0n) is 14.4. The summed E-state index contributed by atoms with van der Waals surface area (Å²) in [5.41, 5.74) is 3.85. The first-order valence-electron chi connectivity index (χ1n) is 8.70. The second-order valence-corrected chi connectivity index (χ2v) is 7.26. The van der Waals surface area contributed by atoms with Gasteiger partial charge in [-0.15, -0.1) is 0 Å². The normalized spacial score (nSPS) is 13.4. The van der Waals surface area contributed by atoms with E-state index < -0.39 is 0 Å². The SMILES string of the molecule is [B]c1sc2c(c1C(=O)Nc1ccc(N(CC)CC)cc1)CCCC2. The summed E-state index contributed by atoms with van der Waals surface area (Å²) in [6, 6.07) is 8.02. The van der Waals surface area contributed by atoms with E-state index >= 15 is 0 Å². The molecule has 1 aromatic heterocycles. The topological polar surface area (TPSA) is 32.3 Å². The van der Waals surface area contributed by atoms with E-state index in [0.717, 1.165) is 38.0 Å². The lowest BCUT2D eigenvalue weighted by atomic mass is 9.90. The number of thiophene rings is 1. The standard InChI is InChI=1S/C19H23BN2OS/c1-3-22(4-2)14-11-9-13(10-12-14)21-19(23)17-15-7-5-6-8-16(15)24-18(17)20/h9-12H,3-8H2,1-2H3,(H,21,23). The predicted octanol–water partition coefficient (Wildman–Crippen LogP) is 3.52. The van der Waals surface area contributed by atoms with Crippen molar-refractivity contribution in [3.63, 3.8) is 0 Å². The van der Waals surface area contributed by atoms with Crippen molar-refractivity contribution in [3.05, 3.63) is 40.3 Å². The molecule has 3 rings (SSSR count). The average Bonchev–Trinajstić information content (AvgIpc) is 2.93. The van der Waals surface area contributed by atoms with Crippen LogP contribution < -0.4 is 15.0 Å². The molecule has 2 aromatic rings. The van der Waals surface area contributed by atoms with Gasteiger partial charge < -0.3 is 10.2 Å². The summed E-state index contributed by atoms with van der Waals surface area (Å²) in [4.78, 5) is 16.3. The van der Waals surface area contributed by atoms with Crippen LogP contribution in [-0.4, -0.2) is 26.8 Å². The molecule has 0 unspecified atom stereocenters. The van der Waals surface area contributed by atoms with Gasteiger partial charge in [-0.3, -0.25) is 4.79 Å². The van der Waals surface area contributed by atoms with Crippen molar-refractivity contribution in [1.82, 2.24) is 0 Å². The summed E-state index contributed by atoms with van der Waals surface area (Å²) in [7, 11) is 6.13. The van der Waals surface area contributed by atoms with Crippen molar-refractivity contribution in [2.45, 2.75) is 39.5 Å². The van der Waals surface area contributed by atoms with E-state index in [1.807, 2.05) is 12.1 Å². The molecular weight excluding hydrogens is 315 g/mol. The predicted molar refractivity (Wildman–Crippen MR) is 104 cm³/mol. The molecule has 0 saturated carbocycles. The molecule has 1 amide bonds. The molecule has 0 fully saturated rings. The van der Waals surface area contributed by atoms with Crippen molar-refractivity contribution in [2.24, 2.45) is 0 Å². The Kier molecular flexibility index (Phi) is 5.29. The van der Waals surface area contributed by atoms with E-state index in [1.54, 1.807) is 11.3 Å². The number of amides is 1. The van der Waals surface area contributed by atoms with Crippen molar-refractivity contribution in [1.29, 1.82) is 0 Å². The Morgan fingerprint density at radius 1 is 1.17 bits per heavy atom. The van der Waals surface area contributed by atoms with Gasteiger partial charge in [0.1, 0.15) is 7.85 Å². The van der Waals surface area contributed by atoms with Gasteiger partial charge in [-0.1, -0.05) is 0 Å². The van der Waals surface area contributed by atoms with Crippen LogP contribution in [0.3, 0.4) is 0 Å². The van der Waals surface area contributed by atoms with Gasteiger partial charge in [0, 0.05) is 34.9 Å². The molecule has 2 radical (unpaired) electrons. The molecule has 0 saturated heterocycles. The maximum absolute atomic E-state index is 12.7. The van der Waals surface area contributed by atoms with Gasteiger partial charge in [0.2, 0.25) is 0 Å². The van der Waals surface area contributed by atoms with E-state index in [2.05, 4.69) is 36.2 Å². The number of carbonyl (C=O) groups excluding carboxylic acids is 1. The van der Waals surface area contributed by atoms with Gasteiger partial charge >= 0.3 is 0 Å². The Bertz CT molecular complexity index is 720. The molecule has 0 atom stereocenters. The van der Waals surface area contributed by atoms with E-state index in [0.29, 0.717) is 10.3 Å². The molecule has 1 aliphatic carbocycles. The molecule has 1 N–H and O–H groups in total. The quantitative estimate of drug-likeness (QED) is 0.846. The first kappa shape index (κ1) is 17.1. The number of anilines is 2. The van der Waals surface area contributed by atoms with Crippen molar-refractivity contribution >= 4 is 41.2 Å². The molecule has 3 nitrogen and oxygen atoms in total. The number of carbonyl (C=O) groups is 1. The molecule has 124 valence electrons. The summed E-state index contributed by atoms with van der Waals surface area (Å²) in [6.07, 6.45) is 4.35. The third kappa shape index (κ3) is 3.36. The number of hydrogen-bond donors (Lipinski definition) is 1. The number of fused-ring (bicyclic) bond motifs is 1. The smallest absolute Gasteiger partial charge is 0.256 e. The van der Waals surface area contributed by atoms with E-state index in [4.69, 9.17) is 7.85 Å². The van der Waals surface area contributed by atoms with Crippen LogP contribution in [0.15, 0.2) is 24.3 Å². The van der Waals surface area contributed by atoms with Crippen LogP contribution >= 0.6 is 11.3 Å². The highest BCUT2D eigenvalue weighted by Gasteiger charge is 2.22. The highest BCUT2D eigenvalue weighted by Crippen LogP contribution is 2.29. The maximum Gasteiger partial charge on any atom is 0.256 e. The van der Waals surface area contributed by atoms with Crippen LogP contribution in [0.4, 0.5) is 11.4 Å². The third-order valence-corrected chi connectivity index (χ3v) is 5.80. The summed E-state index contributed by atoms with van der Waals surface area (Å²) in [6.45, 7) is 6.23. The van der Waals surface area contributed by atoms with Gasteiger partial charge in [0.15, 0.2) is 0 Å². The lowest BCUT2D eigenvalue weighted by molar-refractivity contribution is 0.102. The molecule has 0 aliphatic heterocycles. The Morgan fingerprint density at radius 2 is 1.83 bits per heavy atom. The molecule has 5 heteroatoms. The van der Waals surface area contributed by atoms with Gasteiger partial charge in [0.25, 0.3) is 5.91 Å². The van der Waals surface area contributed by atoms with Gasteiger partial charge in [-0.05, 0) is 74.1 Å². The largest absolute Gasteiger partial charge is 0.372 e. The number of hydrogen-bond acceptors (Lipinski definition) is 3. The molecule has 1 aromatic carbocycles. The van der Waals surface area contributed by atoms with Crippen LogP contribution in [0.25, 0.3) is 0 Å². The second kappa shape index (κ2) is 7.43. The first-order chi connectivity index (χ1) is 11.6. The van der Waals surface area contributed by atoms with Crippen molar-refractivity contribution in [3.8, 4) is 0 Å². The maximum atomic E-state index is 12.7. The summed E-state index contributed by atoms with van der Waals surface area (Å²) in [5.74, 6) is -0.0810. The minimum atomic E-state index is -0.0810. The van der Waals surface area contributed by atoms with Crippen LogP contribution in [0.5, 0.6) is 0 Å². The summed E-state index contributed by atoms with van der Waals surface area (Å²) in [5, 5.41) is 3.01. The fraction of sp³-hybridized carbons (Fsp3) is 0.421. The number of benzene rings is 1. The molecule has 24 heavy (non-hydrogen) atoms. The average molecular weight is 338 g/mol. The van der Waals surface area contributed by atoms with Crippen molar-refractivity contribution in [2.75, 3.05) is 23.3 Å². The fourth-order valence-corrected chi connectivity index (χ4v) is 4.53. The van der Waals surface area contributed by atoms with Crippen molar-refractivity contribution < 1.29 is 4.79 Å². The Labute approximate surface area is 149 Å². The summed E-state index contributed by atoms with van der Waals surface area (Å²) >= 11 is 1.58. The molecule has 0 bridgehead atoms. The Balaban J connectivity index is 1.77. The Hall–Kier alpha value is -1.75. The number of nitrogens with zero attached hydrogens (tertiary/aromatic N) is 1. The minimum Gasteiger partial charge on any atom is -0.372 e. The minimum absolute atomic E-state index is 0.0810. The van der Waals surface area contributed by atoms with Crippen LogP contribution in [-0.2, 0) is 12.8 Å². The second-order valence-electron chi connectivity index (χ2n) is 6.12.